The van der Waals surface area contributed by atoms with Crippen molar-refractivity contribution in [3.05, 3.63) is 11.8 Å². The first-order valence-electron chi connectivity index (χ1n) is 3.81. The summed E-state index contributed by atoms with van der Waals surface area (Å²) in [5.74, 6) is -0.899. The lowest BCUT2D eigenvalue weighted by molar-refractivity contribution is -0.136. The van der Waals surface area contributed by atoms with Crippen molar-refractivity contribution in [3.8, 4) is 0 Å². The van der Waals surface area contributed by atoms with Crippen LogP contribution in [0.1, 0.15) is 6.42 Å². The van der Waals surface area contributed by atoms with E-state index in [1.807, 2.05) is 14.1 Å². The predicted molar refractivity (Wildman–Crippen MR) is 44.4 cm³/mol. The molecule has 12 heavy (non-hydrogen) atoms. The summed E-state index contributed by atoms with van der Waals surface area (Å²) in [5.41, 5.74) is 0.587. The zero-order chi connectivity index (χ0) is 9.14. The lowest BCUT2D eigenvalue weighted by Crippen LogP contribution is -2.38. The third-order valence-electron chi connectivity index (χ3n) is 1.59. The molecule has 0 bridgehead atoms. The van der Waals surface area contributed by atoms with Crippen LogP contribution in [0.25, 0.3) is 0 Å². The highest BCUT2D eigenvalue weighted by Gasteiger charge is 2.22. The first kappa shape index (κ1) is 8.77. The van der Waals surface area contributed by atoms with Gasteiger partial charge in [0.2, 0.25) is 5.78 Å². The molecule has 1 amide bonds. The molecule has 0 unspecified atom stereocenters. The number of amides is 1. The molecule has 4 heteroatoms. The highest BCUT2D eigenvalue weighted by atomic mass is 16.2. The van der Waals surface area contributed by atoms with Gasteiger partial charge in [0, 0.05) is 32.4 Å². The average molecular weight is 168 g/mol. The number of Topliss-reactive ketones (excluding diaryl/α,β-unsaturated/α-hetero) is 1. The van der Waals surface area contributed by atoms with E-state index >= 15 is 0 Å². The van der Waals surface area contributed by atoms with Crippen molar-refractivity contribution >= 4 is 11.7 Å². The van der Waals surface area contributed by atoms with E-state index in [0.29, 0.717) is 18.5 Å². The molecule has 1 N–H and O–H groups in total. The molecule has 0 aliphatic carbocycles. The summed E-state index contributed by atoms with van der Waals surface area (Å²) in [5, 5.41) is 2.49. The molecule has 0 aromatic rings. The summed E-state index contributed by atoms with van der Waals surface area (Å²) in [4.78, 5) is 23.8. The monoisotopic (exact) mass is 168 g/mol. The van der Waals surface area contributed by atoms with Crippen molar-refractivity contribution in [2.24, 2.45) is 0 Å². The van der Waals surface area contributed by atoms with E-state index in [1.54, 1.807) is 11.1 Å². The zero-order valence-corrected chi connectivity index (χ0v) is 7.26. The number of hydrogen-bond donors (Lipinski definition) is 1. The van der Waals surface area contributed by atoms with Crippen molar-refractivity contribution in [3.63, 3.8) is 0 Å². The number of nitrogens with one attached hydrogen (secondary N) is 1. The fourth-order valence-corrected chi connectivity index (χ4v) is 1.09. The van der Waals surface area contributed by atoms with E-state index in [1.165, 1.54) is 0 Å². The fraction of sp³-hybridized carbons (Fsp3) is 0.500. The zero-order valence-electron chi connectivity index (χ0n) is 7.26. The number of carbonyl (C=O) groups excluding carboxylic acids is 2. The Morgan fingerprint density at radius 1 is 1.42 bits per heavy atom. The number of ketones is 1. The Morgan fingerprint density at radius 3 is 2.67 bits per heavy atom. The Morgan fingerprint density at radius 2 is 2.08 bits per heavy atom. The normalized spacial score (nSPS) is 21.0. The van der Waals surface area contributed by atoms with E-state index in [-0.39, 0.29) is 0 Å². The summed E-state index contributed by atoms with van der Waals surface area (Å²) < 4.78 is 0. The van der Waals surface area contributed by atoms with Gasteiger partial charge in [0.1, 0.15) is 0 Å². The molecule has 0 aromatic heterocycles. The van der Waals surface area contributed by atoms with Crippen LogP contribution in [0.4, 0.5) is 0 Å². The second kappa shape index (κ2) is 3.38. The third kappa shape index (κ3) is 1.84. The molecule has 0 saturated carbocycles. The molecule has 1 fully saturated rings. The molecule has 4 nitrogen and oxygen atoms in total. The highest BCUT2D eigenvalue weighted by molar-refractivity contribution is 6.43. The maximum atomic E-state index is 11.2. The van der Waals surface area contributed by atoms with Gasteiger partial charge >= 0.3 is 0 Å². The van der Waals surface area contributed by atoms with Crippen LogP contribution >= 0.6 is 0 Å². The van der Waals surface area contributed by atoms with Gasteiger partial charge in [-0.05, 0) is 6.42 Å². The van der Waals surface area contributed by atoms with Gasteiger partial charge in [-0.15, -0.1) is 0 Å². The quantitative estimate of drug-likeness (QED) is 0.425. The molecule has 0 aromatic carbocycles. The van der Waals surface area contributed by atoms with Gasteiger partial charge in [-0.2, -0.15) is 0 Å². The summed E-state index contributed by atoms with van der Waals surface area (Å²) in [7, 11) is 3.65. The van der Waals surface area contributed by atoms with Crippen molar-refractivity contribution < 1.29 is 9.59 Å². The number of nitrogens with zero attached hydrogens (tertiary/aromatic N) is 1. The van der Waals surface area contributed by atoms with Crippen molar-refractivity contribution in [1.29, 1.82) is 0 Å². The Hall–Kier alpha value is -1.32. The Balaban J connectivity index is 2.77. The molecule has 0 atom stereocenters. The second-order valence-corrected chi connectivity index (χ2v) is 2.95. The summed E-state index contributed by atoms with van der Waals surface area (Å²) in [6.07, 6.45) is 2.32. The molecule has 0 spiro atoms. The topological polar surface area (TPSA) is 49.4 Å². The van der Waals surface area contributed by atoms with Crippen LogP contribution in [0, 0.1) is 0 Å². The molecular weight excluding hydrogens is 156 g/mol. The summed E-state index contributed by atoms with van der Waals surface area (Å²) >= 11 is 0. The van der Waals surface area contributed by atoms with Crippen LogP contribution in [-0.2, 0) is 9.59 Å². The Bertz CT molecular complexity index is 243. The van der Waals surface area contributed by atoms with Gasteiger partial charge in [0.25, 0.3) is 5.91 Å². The lowest BCUT2D eigenvalue weighted by Gasteiger charge is -2.15. The second-order valence-electron chi connectivity index (χ2n) is 2.95. The maximum Gasteiger partial charge on any atom is 0.292 e. The highest BCUT2D eigenvalue weighted by Crippen LogP contribution is 2.07. The molecule has 1 saturated heterocycles. The molecule has 1 aliphatic heterocycles. The van der Waals surface area contributed by atoms with Crippen LogP contribution in [-0.4, -0.2) is 37.2 Å². The lowest BCUT2D eigenvalue weighted by atomic mass is 10.1. The number of hydrogen-bond acceptors (Lipinski definition) is 3. The molecule has 66 valence electrons. The molecule has 1 rings (SSSR count). The van der Waals surface area contributed by atoms with Crippen LogP contribution in [0.2, 0.25) is 0 Å². The van der Waals surface area contributed by atoms with Gasteiger partial charge in [-0.3, -0.25) is 9.59 Å². The first-order valence-corrected chi connectivity index (χ1v) is 3.81. The van der Waals surface area contributed by atoms with Gasteiger partial charge in [-0.1, -0.05) is 0 Å². The Labute approximate surface area is 71.2 Å². The van der Waals surface area contributed by atoms with Crippen LogP contribution in [0.3, 0.4) is 0 Å². The molecule has 1 heterocycles. The maximum absolute atomic E-state index is 11.2. The number of piperidine rings is 1. The molecular formula is C8H12N2O2. The van der Waals surface area contributed by atoms with E-state index in [2.05, 4.69) is 5.32 Å². The standard InChI is InChI=1S/C8H12N2O2/c1-10(2)5-6-3-4-9-8(12)7(6)11/h5H,3-4H2,1-2H3,(H,9,12)/b6-5+. The predicted octanol–water partition coefficient (Wildman–Crippen LogP) is -0.479. The number of carbonyl (C=O) groups is 2. The van der Waals surface area contributed by atoms with Crippen molar-refractivity contribution in [2.45, 2.75) is 6.42 Å². The van der Waals surface area contributed by atoms with Gasteiger partial charge in [-0.25, -0.2) is 0 Å². The van der Waals surface area contributed by atoms with Crippen LogP contribution < -0.4 is 5.32 Å². The minimum atomic E-state index is -0.491. The summed E-state index contributed by atoms with van der Waals surface area (Å²) in [6, 6.07) is 0. The molecule has 0 radical (unpaired) electrons. The van der Waals surface area contributed by atoms with Gasteiger partial charge in [0.15, 0.2) is 0 Å². The van der Waals surface area contributed by atoms with Crippen LogP contribution in [0.5, 0.6) is 0 Å². The SMILES string of the molecule is CN(C)/C=C1\CCNC(=O)C1=O. The minimum absolute atomic E-state index is 0.407. The largest absolute Gasteiger partial charge is 0.383 e. The molecule has 1 aliphatic rings. The van der Waals surface area contributed by atoms with Gasteiger partial charge in [0.05, 0.1) is 0 Å². The fourth-order valence-electron chi connectivity index (χ4n) is 1.09. The van der Waals surface area contributed by atoms with Crippen LogP contribution in [0.15, 0.2) is 11.8 Å². The van der Waals surface area contributed by atoms with Gasteiger partial charge < -0.3 is 10.2 Å². The third-order valence-corrected chi connectivity index (χ3v) is 1.59. The first-order chi connectivity index (χ1) is 5.61. The minimum Gasteiger partial charge on any atom is -0.383 e. The van der Waals surface area contributed by atoms with E-state index in [9.17, 15) is 9.59 Å². The average Bonchev–Trinajstić information content (AvgIpc) is 1.98. The number of rotatable bonds is 1. The van der Waals surface area contributed by atoms with E-state index in [4.69, 9.17) is 0 Å². The summed E-state index contributed by atoms with van der Waals surface area (Å²) in [6.45, 7) is 0.560. The van der Waals surface area contributed by atoms with Crippen molar-refractivity contribution in [1.82, 2.24) is 10.2 Å². The van der Waals surface area contributed by atoms with Crippen molar-refractivity contribution in [2.75, 3.05) is 20.6 Å². The Kier molecular flexibility index (Phi) is 2.47. The van der Waals surface area contributed by atoms with E-state index in [0.717, 1.165) is 0 Å². The van der Waals surface area contributed by atoms with E-state index < -0.39 is 11.7 Å². The smallest absolute Gasteiger partial charge is 0.292 e.